The van der Waals surface area contributed by atoms with Gasteiger partial charge in [0.05, 0.1) is 5.69 Å². The van der Waals surface area contributed by atoms with Crippen molar-refractivity contribution in [2.45, 2.75) is 13.5 Å². The van der Waals surface area contributed by atoms with Gasteiger partial charge >= 0.3 is 0 Å². The number of hydrogen-bond acceptors (Lipinski definition) is 3. The normalized spacial score (nSPS) is 10.3. The summed E-state index contributed by atoms with van der Waals surface area (Å²) in [6.45, 7) is 2.38. The van der Waals surface area contributed by atoms with Gasteiger partial charge in [-0.25, -0.2) is 4.68 Å². The predicted octanol–water partition coefficient (Wildman–Crippen LogP) is 1.51. The van der Waals surface area contributed by atoms with Crippen molar-refractivity contribution in [3.8, 4) is 11.3 Å². The average molecular weight is 215 g/mol. The van der Waals surface area contributed by atoms with Crippen LogP contribution in [0, 0.1) is 0 Å². The third kappa shape index (κ3) is 1.82. The molecule has 1 aromatic carbocycles. The van der Waals surface area contributed by atoms with E-state index in [2.05, 4.69) is 5.10 Å². The van der Waals surface area contributed by atoms with Crippen LogP contribution in [-0.4, -0.2) is 9.78 Å². The Morgan fingerprint density at radius 1 is 1.31 bits per heavy atom. The monoisotopic (exact) mass is 215 g/mol. The SMILES string of the molecule is CCn1nc(-c2ccccc2)cc(N)c1=O. The van der Waals surface area contributed by atoms with Crippen molar-refractivity contribution in [1.82, 2.24) is 9.78 Å². The maximum atomic E-state index is 11.6. The molecule has 0 aliphatic heterocycles. The standard InChI is InChI=1S/C12H13N3O/c1-2-15-12(16)10(13)8-11(14-15)9-6-4-3-5-7-9/h3-8H,2,13H2,1H3. The van der Waals surface area contributed by atoms with E-state index in [0.717, 1.165) is 11.3 Å². The van der Waals surface area contributed by atoms with E-state index in [0.29, 0.717) is 6.54 Å². The number of nitrogens with two attached hydrogens (primary N) is 1. The minimum atomic E-state index is -0.234. The lowest BCUT2D eigenvalue weighted by Gasteiger charge is -2.06. The third-order valence-corrected chi connectivity index (χ3v) is 2.37. The molecule has 0 aliphatic carbocycles. The molecule has 16 heavy (non-hydrogen) atoms. The second kappa shape index (κ2) is 4.18. The Bertz CT molecular complexity index is 546. The molecule has 0 saturated carbocycles. The van der Waals surface area contributed by atoms with Gasteiger partial charge in [0.1, 0.15) is 5.69 Å². The second-order valence-corrected chi connectivity index (χ2v) is 3.47. The van der Waals surface area contributed by atoms with Crippen LogP contribution in [0.4, 0.5) is 5.69 Å². The Morgan fingerprint density at radius 3 is 2.62 bits per heavy atom. The van der Waals surface area contributed by atoms with Crippen LogP contribution in [0.3, 0.4) is 0 Å². The lowest BCUT2D eigenvalue weighted by molar-refractivity contribution is 0.621. The van der Waals surface area contributed by atoms with Gasteiger partial charge in [0.25, 0.3) is 5.56 Å². The quantitative estimate of drug-likeness (QED) is 0.826. The summed E-state index contributed by atoms with van der Waals surface area (Å²) in [4.78, 5) is 11.6. The van der Waals surface area contributed by atoms with Crippen LogP contribution in [0.5, 0.6) is 0 Å². The van der Waals surface area contributed by atoms with Crippen LogP contribution in [0.1, 0.15) is 6.92 Å². The van der Waals surface area contributed by atoms with Crippen molar-refractivity contribution in [2.75, 3.05) is 5.73 Å². The summed E-state index contributed by atoms with van der Waals surface area (Å²) in [5.74, 6) is 0. The van der Waals surface area contributed by atoms with Crippen LogP contribution in [-0.2, 0) is 6.54 Å². The first-order valence-corrected chi connectivity index (χ1v) is 5.15. The maximum absolute atomic E-state index is 11.6. The zero-order valence-corrected chi connectivity index (χ0v) is 9.05. The highest BCUT2D eigenvalue weighted by atomic mass is 16.1. The number of benzene rings is 1. The molecule has 1 aromatic heterocycles. The van der Waals surface area contributed by atoms with Crippen LogP contribution in [0.2, 0.25) is 0 Å². The van der Waals surface area contributed by atoms with Crippen molar-refractivity contribution in [3.05, 3.63) is 46.8 Å². The van der Waals surface area contributed by atoms with Crippen LogP contribution < -0.4 is 11.3 Å². The molecule has 0 aliphatic rings. The average Bonchev–Trinajstić information content (AvgIpc) is 2.33. The van der Waals surface area contributed by atoms with Crippen molar-refractivity contribution in [1.29, 1.82) is 0 Å². The summed E-state index contributed by atoms with van der Waals surface area (Å²) in [6.07, 6.45) is 0. The Labute approximate surface area is 93.3 Å². The molecule has 0 atom stereocenters. The molecule has 2 rings (SSSR count). The summed E-state index contributed by atoms with van der Waals surface area (Å²) in [5.41, 5.74) is 7.34. The number of hydrogen-bond donors (Lipinski definition) is 1. The summed E-state index contributed by atoms with van der Waals surface area (Å²) in [6, 6.07) is 11.3. The van der Waals surface area contributed by atoms with Crippen molar-refractivity contribution in [3.63, 3.8) is 0 Å². The van der Waals surface area contributed by atoms with E-state index in [1.165, 1.54) is 4.68 Å². The lowest BCUT2D eigenvalue weighted by atomic mass is 10.1. The highest BCUT2D eigenvalue weighted by Gasteiger charge is 2.05. The Balaban J connectivity index is 2.60. The Morgan fingerprint density at radius 2 is 2.00 bits per heavy atom. The van der Waals surface area contributed by atoms with E-state index in [9.17, 15) is 4.79 Å². The van der Waals surface area contributed by atoms with Gasteiger partial charge in [-0.1, -0.05) is 30.3 Å². The minimum absolute atomic E-state index is 0.232. The van der Waals surface area contributed by atoms with Crippen molar-refractivity contribution in [2.24, 2.45) is 0 Å². The fourth-order valence-electron chi connectivity index (χ4n) is 1.53. The molecule has 82 valence electrons. The van der Waals surface area contributed by atoms with E-state index in [1.54, 1.807) is 6.07 Å². The third-order valence-electron chi connectivity index (χ3n) is 2.37. The number of aryl methyl sites for hydroxylation is 1. The van der Waals surface area contributed by atoms with E-state index in [1.807, 2.05) is 37.3 Å². The van der Waals surface area contributed by atoms with E-state index < -0.39 is 0 Å². The Kier molecular flexibility index (Phi) is 2.72. The summed E-state index contributed by atoms with van der Waals surface area (Å²) >= 11 is 0. The van der Waals surface area contributed by atoms with Gasteiger partial charge in [0, 0.05) is 12.1 Å². The molecule has 0 unspecified atom stereocenters. The summed E-state index contributed by atoms with van der Waals surface area (Å²) < 4.78 is 1.37. The summed E-state index contributed by atoms with van der Waals surface area (Å²) in [5, 5.41) is 4.25. The van der Waals surface area contributed by atoms with Crippen LogP contribution in [0.15, 0.2) is 41.2 Å². The highest BCUT2D eigenvalue weighted by molar-refractivity contribution is 5.61. The Hall–Kier alpha value is -2.10. The zero-order chi connectivity index (χ0) is 11.5. The van der Waals surface area contributed by atoms with Crippen molar-refractivity contribution < 1.29 is 0 Å². The summed E-state index contributed by atoms with van der Waals surface area (Å²) in [7, 11) is 0. The van der Waals surface area contributed by atoms with Gasteiger partial charge in [-0.15, -0.1) is 0 Å². The van der Waals surface area contributed by atoms with Crippen LogP contribution in [0.25, 0.3) is 11.3 Å². The molecule has 0 amide bonds. The van der Waals surface area contributed by atoms with E-state index in [-0.39, 0.29) is 11.2 Å². The van der Waals surface area contributed by atoms with Crippen LogP contribution >= 0.6 is 0 Å². The highest BCUT2D eigenvalue weighted by Crippen LogP contribution is 2.16. The topological polar surface area (TPSA) is 60.9 Å². The fraction of sp³-hybridized carbons (Fsp3) is 0.167. The van der Waals surface area contributed by atoms with Gasteiger partial charge in [0.15, 0.2) is 0 Å². The van der Waals surface area contributed by atoms with Gasteiger partial charge in [-0.3, -0.25) is 4.79 Å². The van der Waals surface area contributed by atoms with Gasteiger partial charge in [0.2, 0.25) is 0 Å². The van der Waals surface area contributed by atoms with E-state index in [4.69, 9.17) is 5.73 Å². The molecule has 1 heterocycles. The second-order valence-electron chi connectivity index (χ2n) is 3.47. The molecule has 0 fully saturated rings. The molecule has 0 radical (unpaired) electrons. The largest absolute Gasteiger partial charge is 0.394 e. The molecule has 0 saturated heterocycles. The molecule has 0 bridgehead atoms. The van der Waals surface area contributed by atoms with Gasteiger partial charge < -0.3 is 5.73 Å². The first-order chi connectivity index (χ1) is 7.72. The maximum Gasteiger partial charge on any atom is 0.289 e. The van der Waals surface area contributed by atoms with Crippen molar-refractivity contribution >= 4 is 5.69 Å². The fourth-order valence-corrected chi connectivity index (χ4v) is 1.53. The molecule has 2 N–H and O–H groups in total. The first kappa shape index (κ1) is 10.4. The molecular weight excluding hydrogens is 202 g/mol. The lowest BCUT2D eigenvalue weighted by Crippen LogP contribution is -2.24. The van der Waals surface area contributed by atoms with E-state index >= 15 is 0 Å². The van der Waals surface area contributed by atoms with Gasteiger partial charge in [-0.05, 0) is 13.0 Å². The van der Waals surface area contributed by atoms with Gasteiger partial charge in [-0.2, -0.15) is 5.10 Å². The number of nitrogen functional groups attached to an aromatic ring is 1. The minimum Gasteiger partial charge on any atom is -0.394 e. The predicted molar refractivity (Wildman–Crippen MR) is 64.0 cm³/mol. The first-order valence-electron chi connectivity index (χ1n) is 5.15. The molecule has 4 nitrogen and oxygen atoms in total. The molecular formula is C12H13N3O. The molecule has 4 heteroatoms. The number of rotatable bonds is 2. The number of anilines is 1. The molecule has 0 spiro atoms. The zero-order valence-electron chi connectivity index (χ0n) is 9.05. The number of nitrogens with zero attached hydrogens (tertiary/aromatic N) is 2. The number of aromatic nitrogens is 2. The molecule has 2 aromatic rings. The smallest absolute Gasteiger partial charge is 0.289 e.